The molecule has 0 unspecified atom stereocenters. The third-order valence-electron chi connectivity index (χ3n) is 4.20. The second kappa shape index (κ2) is 10.5. The first-order valence-electron chi connectivity index (χ1n) is 9.15. The van der Waals surface area contributed by atoms with Crippen LogP contribution in [-0.4, -0.2) is 39.2 Å². The van der Waals surface area contributed by atoms with Crippen molar-refractivity contribution in [2.75, 3.05) is 13.2 Å². The van der Waals surface area contributed by atoms with E-state index in [1.54, 1.807) is 0 Å². The number of H-pyrrole nitrogens is 1. The lowest BCUT2D eigenvalue weighted by Crippen LogP contribution is -2.21. The standard InChI is InChI=1S/C19H29N3O2S/c1-3-5-9-15(13-17(23)14-24-12-4-2)18-20-21-19(25)22(18)16-10-7-6-8-11-16/h6-8,10-11,15,17,23H,3-5,9,12-14H2,1-2H3,(H,21,25)/t15-,17+/m1/s1. The molecule has 0 aliphatic heterocycles. The van der Waals surface area contributed by atoms with Gasteiger partial charge in [0.25, 0.3) is 0 Å². The van der Waals surface area contributed by atoms with Crippen LogP contribution < -0.4 is 0 Å². The Hall–Kier alpha value is -1.50. The highest BCUT2D eigenvalue weighted by Gasteiger charge is 2.22. The summed E-state index contributed by atoms with van der Waals surface area (Å²) in [4.78, 5) is 0. The van der Waals surface area contributed by atoms with Crippen LogP contribution in [0.1, 0.15) is 57.7 Å². The third-order valence-corrected chi connectivity index (χ3v) is 4.47. The molecule has 25 heavy (non-hydrogen) atoms. The summed E-state index contributed by atoms with van der Waals surface area (Å²) < 4.78 is 8.06. The van der Waals surface area contributed by atoms with Gasteiger partial charge in [0.2, 0.25) is 0 Å². The quantitative estimate of drug-likeness (QED) is 0.459. The molecule has 0 amide bonds. The topological polar surface area (TPSA) is 63.1 Å². The summed E-state index contributed by atoms with van der Waals surface area (Å²) in [6.45, 7) is 5.28. The van der Waals surface area contributed by atoms with Crippen LogP contribution in [0.25, 0.3) is 5.69 Å². The number of nitrogens with one attached hydrogen (secondary N) is 1. The van der Waals surface area contributed by atoms with Crippen LogP contribution in [0.2, 0.25) is 0 Å². The van der Waals surface area contributed by atoms with Crippen molar-refractivity contribution in [3.05, 3.63) is 40.9 Å². The van der Waals surface area contributed by atoms with E-state index in [1.807, 2.05) is 34.9 Å². The molecule has 0 aliphatic rings. The molecular formula is C19H29N3O2S. The van der Waals surface area contributed by atoms with E-state index in [4.69, 9.17) is 17.0 Å². The number of ether oxygens (including phenoxy) is 1. The summed E-state index contributed by atoms with van der Waals surface area (Å²) >= 11 is 5.44. The summed E-state index contributed by atoms with van der Waals surface area (Å²) in [6.07, 6.45) is 4.24. The van der Waals surface area contributed by atoms with Crippen molar-refractivity contribution in [3.8, 4) is 5.69 Å². The zero-order valence-corrected chi connectivity index (χ0v) is 16.0. The van der Waals surface area contributed by atoms with Gasteiger partial charge in [0.05, 0.1) is 12.7 Å². The first kappa shape index (κ1) is 19.8. The number of rotatable bonds is 11. The van der Waals surface area contributed by atoms with Gasteiger partial charge in [0.1, 0.15) is 5.82 Å². The molecule has 2 aromatic rings. The van der Waals surface area contributed by atoms with Gasteiger partial charge in [-0.15, -0.1) is 0 Å². The van der Waals surface area contributed by atoms with E-state index in [-0.39, 0.29) is 5.92 Å². The van der Waals surface area contributed by atoms with E-state index in [0.29, 0.717) is 24.4 Å². The zero-order valence-electron chi connectivity index (χ0n) is 15.1. The van der Waals surface area contributed by atoms with Gasteiger partial charge in [0, 0.05) is 18.2 Å². The number of aliphatic hydroxyl groups is 1. The van der Waals surface area contributed by atoms with Crippen molar-refractivity contribution in [2.24, 2.45) is 0 Å². The molecule has 2 rings (SSSR count). The number of nitrogens with zero attached hydrogens (tertiary/aromatic N) is 2. The fourth-order valence-corrected chi connectivity index (χ4v) is 3.22. The number of aromatic nitrogens is 3. The number of para-hydroxylation sites is 1. The number of aromatic amines is 1. The minimum atomic E-state index is -0.497. The first-order chi connectivity index (χ1) is 12.2. The van der Waals surface area contributed by atoms with E-state index in [2.05, 4.69) is 24.0 Å². The summed E-state index contributed by atoms with van der Waals surface area (Å²) in [5, 5.41) is 17.8. The minimum absolute atomic E-state index is 0.133. The Morgan fingerprint density at radius 2 is 2.00 bits per heavy atom. The Morgan fingerprint density at radius 3 is 2.68 bits per heavy atom. The molecule has 0 fully saturated rings. The van der Waals surface area contributed by atoms with Gasteiger partial charge in [-0.2, -0.15) is 5.10 Å². The summed E-state index contributed by atoms with van der Waals surface area (Å²) in [5.74, 6) is 1.02. The van der Waals surface area contributed by atoms with E-state index in [1.165, 1.54) is 0 Å². The Labute approximate surface area is 155 Å². The number of benzene rings is 1. The monoisotopic (exact) mass is 363 g/mol. The van der Waals surface area contributed by atoms with Crippen molar-refractivity contribution in [2.45, 2.75) is 58.0 Å². The molecule has 1 aromatic heterocycles. The SMILES string of the molecule is CCCC[C@H](C[C@H](O)COCCC)c1n[nH]c(=S)n1-c1ccccc1. The molecule has 0 bridgehead atoms. The van der Waals surface area contributed by atoms with E-state index < -0.39 is 6.10 Å². The molecule has 2 atom stereocenters. The normalized spacial score (nSPS) is 13.7. The van der Waals surface area contributed by atoms with Gasteiger partial charge >= 0.3 is 0 Å². The molecule has 0 saturated heterocycles. The fraction of sp³-hybridized carbons (Fsp3) is 0.579. The number of hydrogen-bond acceptors (Lipinski definition) is 4. The van der Waals surface area contributed by atoms with E-state index >= 15 is 0 Å². The Morgan fingerprint density at radius 1 is 1.24 bits per heavy atom. The smallest absolute Gasteiger partial charge is 0.199 e. The molecule has 0 spiro atoms. The van der Waals surface area contributed by atoms with Crippen molar-refractivity contribution in [3.63, 3.8) is 0 Å². The minimum Gasteiger partial charge on any atom is -0.391 e. The van der Waals surface area contributed by atoms with Crippen LogP contribution in [0.5, 0.6) is 0 Å². The fourth-order valence-electron chi connectivity index (χ4n) is 2.97. The first-order valence-corrected chi connectivity index (χ1v) is 9.56. The van der Waals surface area contributed by atoms with Crippen molar-refractivity contribution < 1.29 is 9.84 Å². The van der Waals surface area contributed by atoms with Crippen molar-refractivity contribution in [1.29, 1.82) is 0 Å². The second-order valence-corrected chi connectivity index (χ2v) is 6.75. The molecule has 0 saturated carbocycles. The lowest BCUT2D eigenvalue weighted by molar-refractivity contribution is 0.0281. The van der Waals surface area contributed by atoms with Crippen LogP contribution in [0, 0.1) is 4.77 Å². The third kappa shape index (κ3) is 5.76. The Kier molecular flexibility index (Phi) is 8.31. The number of hydrogen-bond donors (Lipinski definition) is 2. The van der Waals surface area contributed by atoms with Gasteiger partial charge in [-0.3, -0.25) is 9.67 Å². The van der Waals surface area contributed by atoms with Gasteiger partial charge in [-0.25, -0.2) is 0 Å². The zero-order chi connectivity index (χ0) is 18.1. The second-order valence-electron chi connectivity index (χ2n) is 6.36. The van der Waals surface area contributed by atoms with Gasteiger partial charge < -0.3 is 9.84 Å². The van der Waals surface area contributed by atoms with Crippen LogP contribution in [0.15, 0.2) is 30.3 Å². The van der Waals surface area contributed by atoms with Crippen LogP contribution in [0.3, 0.4) is 0 Å². The number of unbranched alkanes of at least 4 members (excludes halogenated alkanes) is 1. The summed E-state index contributed by atoms with van der Waals surface area (Å²) in [5.41, 5.74) is 0.995. The molecule has 0 aliphatic carbocycles. The molecule has 6 heteroatoms. The van der Waals surface area contributed by atoms with Crippen molar-refractivity contribution >= 4 is 12.2 Å². The Bertz CT molecular complexity index is 669. The largest absolute Gasteiger partial charge is 0.391 e. The van der Waals surface area contributed by atoms with Crippen molar-refractivity contribution in [1.82, 2.24) is 14.8 Å². The maximum atomic E-state index is 10.4. The molecule has 1 heterocycles. The molecule has 1 aromatic carbocycles. The predicted octanol–water partition coefficient (Wildman–Crippen LogP) is 4.38. The highest BCUT2D eigenvalue weighted by Crippen LogP contribution is 2.28. The van der Waals surface area contributed by atoms with Gasteiger partial charge in [-0.1, -0.05) is 44.9 Å². The maximum absolute atomic E-state index is 10.4. The predicted molar refractivity (Wildman–Crippen MR) is 103 cm³/mol. The highest BCUT2D eigenvalue weighted by molar-refractivity contribution is 7.71. The highest BCUT2D eigenvalue weighted by atomic mass is 32.1. The van der Waals surface area contributed by atoms with Crippen LogP contribution in [0.4, 0.5) is 0 Å². The van der Waals surface area contributed by atoms with Gasteiger partial charge in [-0.05, 0) is 43.6 Å². The molecule has 0 radical (unpaired) electrons. The average molecular weight is 364 g/mol. The number of aliphatic hydroxyl groups excluding tert-OH is 1. The lowest BCUT2D eigenvalue weighted by atomic mass is 9.94. The maximum Gasteiger partial charge on any atom is 0.199 e. The lowest BCUT2D eigenvalue weighted by Gasteiger charge is -2.20. The van der Waals surface area contributed by atoms with E-state index in [0.717, 1.165) is 37.2 Å². The molecule has 2 N–H and O–H groups in total. The molecule has 5 nitrogen and oxygen atoms in total. The molecule has 138 valence electrons. The van der Waals surface area contributed by atoms with Gasteiger partial charge in [0.15, 0.2) is 4.77 Å². The van der Waals surface area contributed by atoms with Crippen LogP contribution in [-0.2, 0) is 4.74 Å². The Balaban J connectivity index is 2.22. The molecular weight excluding hydrogens is 334 g/mol. The summed E-state index contributed by atoms with van der Waals surface area (Å²) in [7, 11) is 0. The average Bonchev–Trinajstić information content (AvgIpc) is 3.01. The van der Waals surface area contributed by atoms with Crippen LogP contribution >= 0.6 is 12.2 Å². The summed E-state index contributed by atoms with van der Waals surface area (Å²) in [6, 6.07) is 10.00. The van der Waals surface area contributed by atoms with E-state index in [9.17, 15) is 5.11 Å².